The van der Waals surface area contributed by atoms with Gasteiger partial charge in [0.15, 0.2) is 0 Å². The van der Waals surface area contributed by atoms with Crippen molar-refractivity contribution in [2.24, 2.45) is 4.99 Å². The van der Waals surface area contributed by atoms with E-state index in [1.54, 1.807) is 0 Å². The predicted molar refractivity (Wildman–Crippen MR) is 74.3 cm³/mol. The first-order valence-corrected chi connectivity index (χ1v) is 5.93. The van der Waals surface area contributed by atoms with E-state index in [1.165, 1.54) is 16.5 Å². The molecule has 0 saturated carbocycles. The summed E-state index contributed by atoms with van der Waals surface area (Å²) in [7, 11) is 0. The normalized spacial score (nSPS) is 14.4. The Hall–Kier alpha value is -1.83. The highest BCUT2D eigenvalue weighted by molar-refractivity contribution is 6.09. The van der Waals surface area contributed by atoms with Crippen molar-refractivity contribution < 1.29 is 0 Å². The molecule has 3 rings (SSSR count). The zero-order valence-corrected chi connectivity index (χ0v) is 10.4. The average molecular weight is 224 g/mol. The number of hydrogen-bond acceptors (Lipinski definition) is 2. The molecule has 2 nitrogen and oxygen atoms in total. The lowest BCUT2D eigenvalue weighted by molar-refractivity contribution is 0.576. The van der Waals surface area contributed by atoms with Crippen LogP contribution in [0.15, 0.2) is 41.4 Å². The zero-order valence-electron chi connectivity index (χ0n) is 10.4. The lowest BCUT2D eigenvalue weighted by atomic mass is 10.00. The Balaban J connectivity index is 2.34. The second-order valence-corrected chi connectivity index (χ2v) is 5.44. The van der Waals surface area contributed by atoms with Crippen LogP contribution in [0.3, 0.4) is 0 Å². The smallest absolute Gasteiger partial charge is 0.0962 e. The predicted octanol–water partition coefficient (Wildman–Crippen LogP) is 4.12. The zero-order chi connectivity index (χ0) is 12.0. The molecule has 86 valence electrons. The lowest BCUT2D eigenvalue weighted by Gasteiger charge is -2.36. The van der Waals surface area contributed by atoms with Gasteiger partial charge in [-0.3, -0.25) is 0 Å². The first-order valence-electron chi connectivity index (χ1n) is 5.93. The molecule has 1 heterocycles. The molecule has 2 aromatic carbocycles. The fourth-order valence-electron chi connectivity index (χ4n) is 2.33. The van der Waals surface area contributed by atoms with Crippen LogP contribution in [0.2, 0.25) is 0 Å². The molecule has 0 atom stereocenters. The monoisotopic (exact) mass is 224 g/mol. The van der Waals surface area contributed by atoms with Crippen LogP contribution < -0.4 is 4.90 Å². The lowest BCUT2D eigenvalue weighted by Crippen LogP contribution is -2.41. The van der Waals surface area contributed by atoms with Gasteiger partial charge in [0.05, 0.1) is 17.7 Å². The summed E-state index contributed by atoms with van der Waals surface area (Å²) < 4.78 is 0. The van der Waals surface area contributed by atoms with E-state index >= 15 is 0 Å². The third-order valence-corrected chi connectivity index (χ3v) is 3.16. The van der Waals surface area contributed by atoms with Crippen molar-refractivity contribution in [3.8, 4) is 0 Å². The number of aliphatic imine (C=N–C) groups is 1. The summed E-state index contributed by atoms with van der Waals surface area (Å²) in [6.07, 6.45) is 1.94. The number of hydrogen-bond donors (Lipinski definition) is 0. The van der Waals surface area contributed by atoms with Crippen molar-refractivity contribution in [3.63, 3.8) is 0 Å². The molecule has 1 aliphatic heterocycles. The van der Waals surface area contributed by atoms with Crippen molar-refractivity contribution in [1.29, 1.82) is 0 Å². The van der Waals surface area contributed by atoms with Gasteiger partial charge in [0.1, 0.15) is 0 Å². The largest absolute Gasteiger partial charge is 0.326 e. The van der Waals surface area contributed by atoms with Crippen LogP contribution in [0, 0.1) is 0 Å². The van der Waals surface area contributed by atoms with Crippen molar-refractivity contribution in [1.82, 2.24) is 0 Å². The van der Waals surface area contributed by atoms with Gasteiger partial charge in [-0.25, -0.2) is 4.99 Å². The van der Waals surface area contributed by atoms with E-state index in [1.807, 2.05) is 6.34 Å². The summed E-state index contributed by atoms with van der Waals surface area (Å²) in [4.78, 5) is 6.80. The summed E-state index contributed by atoms with van der Waals surface area (Å²) in [6.45, 7) is 6.60. The van der Waals surface area contributed by atoms with Crippen molar-refractivity contribution in [2.75, 3.05) is 4.90 Å². The number of benzene rings is 2. The van der Waals surface area contributed by atoms with Crippen LogP contribution in [0.25, 0.3) is 10.8 Å². The van der Waals surface area contributed by atoms with E-state index in [-0.39, 0.29) is 5.54 Å². The molecular weight excluding hydrogens is 208 g/mol. The third kappa shape index (κ3) is 1.52. The quantitative estimate of drug-likeness (QED) is 0.657. The maximum absolute atomic E-state index is 4.56. The highest BCUT2D eigenvalue weighted by Crippen LogP contribution is 2.39. The molecule has 0 fully saturated rings. The van der Waals surface area contributed by atoms with Gasteiger partial charge in [-0.15, -0.1) is 0 Å². The maximum Gasteiger partial charge on any atom is 0.0962 e. The molecule has 1 aliphatic rings. The van der Waals surface area contributed by atoms with Crippen LogP contribution in [0.4, 0.5) is 11.4 Å². The Morgan fingerprint density at radius 3 is 2.41 bits per heavy atom. The fraction of sp³-hybridized carbons (Fsp3) is 0.267. The van der Waals surface area contributed by atoms with Gasteiger partial charge in [0.2, 0.25) is 0 Å². The van der Waals surface area contributed by atoms with Gasteiger partial charge in [-0.1, -0.05) is 24.3 Å². The van der Waals surface area contributed by atoms with E-state index in [2.05, 4.69) is 67.1 Å². The number of nitrogens with zero attached hydrogens (tertiary/aromatic N) is 2. The SMILES string of the molecule is CC(C)(C)N1C=Nc2cccc3cccc1c23. The highest BCUT2D eigenvalue weighted by Gasteiger charge is 2.24. The average Bonchev–Trinajstić information content (AvgIpc) is 2.28. The summed E-state index contributed by atoms with van der Waals surface area (Å²) in [5, 5.41) is 2.51. The summed E-state index contributed by atoms with van der Waals surface area (Å²) in [6, 6.07) is 12.7. The molecule has 0 bridgehead atoms. The molecule has 0 aromatic heterocycles. The van der Waals surface area contributed by atoms with Crippen molar-refractivity contribution in [2.45, 2.75) is 26.3 Å². The standard InChI is InChI=1S/C15H16N2/c1-15(2,3)17-10-16-12-8-4-6-11-7-5-9-13(17)14(11)12/h4-10H,1-3H3. The van der Waals surface area contributed by atoms with Gasteiger partial charge in [0.25, 0.3) is 0 Å². The minimum Gasteiger partial charge on any atom is -0.326 e. The molecule has 2 aromatic rings. The molecule has 0 aliphatic carbocycles. The molecule has 0 unspecified atom stereocenters. The first-order chi connectivity index (χ1) is 8.07. The molecule has 0 saturated heterocycles. The van der Waals surface area contributed by atoms with Crippen LogP contribution >= 0.6 is 0 Å². The Kier molecular flexibility index (Phi) is 2.02. The van der Waals surface area contributed by atoms with E-state index in [9.17, 15) is 0 Å². The van der Waals surface area contributed by atoms with Gasteiger partial charge >= 0.3 is 0 Å². The highest BCUT2D eigenvalue weighted by atomic mass is 15.2. The van der Waals surface area contributed by atoms with Crippen LogP contribution in [-0.2, 0) is 0 Å². The third-order valence-electron chi connectivity index (χ3n) is 3.16. The molecule has 0 radical (unpaired) electrons. The Morgan fingerprint density at radius 1 is 1.00 bits per heavy atom. The molecule has 0 N–H and O–H groups in total. The molecule has 2 heteroatoms. The molecule has 17 heavy (non-hydrogen) atoms. The minimum absolute atomic E-state index is 0.0469. The Labute approximate surface area is 102 Å². The van der Waals surface area contributed by atoms with Crippen molar-refractivity contribution in [3.05, 3.63) is 36.4 Å². The van der Waals surface area contributed by atoms with Crippen LogP contribution in [-0.4, -0.2) is 11.9 Å². The minimum atomic E-state index is 0.0469. The summed E-state index contributed by atoms with van der Waals surface area (Å²) in [5.74, 6) is 0. The van der Waals surface area contributed by atoms with Gasteiger partial charge in [0, 0.05) is 10.9 Å². The van der Waals surface area contributed by atoms with Gasteiger partial charge < -0.3 is 4.90 Å². The van der Waals surface area contributed by atoms with E-state index in [4.69, 9.17) is 0 Å². The van der Waals surface area contributed by atoms with Gasteiger partial charge in [-0.2, -0.15) is 0 Å². The summed E-state index contributed by atoms with van der Waals surface area (Å²) in [5.41, 5.74) is 2.37. The molecular formula is C15H16N2. The molecule has 0 spiro atoms. The van der Waals surface area contributed by atoms with Crippen LogP contribution in [0.5, 0.6) is 0 Å². The Bertz CT molecular complexity index is 601. The Morgan fingerprint density at radius 2 is 1.71 bits per heavy atom. The van der Waals surface area contributed by atoms with E-state index < -0.39 is 0 Å². The topological polar surface area (TPSA) is 15.6 Å². The second-order valence-electron chi connectivity index (χ2n) is 5.44. The van der Waals surface area contributed by atoms with Gasteiger partial charge in [-0.05, 0) is 38.3 Å². The molecule has 0 amide bonds. The van der Waals surface area contributed by atoms with Crippen molar-refractivity contribution >= 4 is 28.5 Å². The summed E-state index contributed by atoms with van der Waals surface area (Å²) >= 11 is 0. The van der Waals surface area contributed by atoms with E-state index in [0.29, 0.717) is 0 Å². The number of anilines is 1. The van der Waals surface area contributed by atoms with Crippen LogP contribution in [0.1, 0.15) is 20.8 Å². The second kappa shape index (κ2) is 3.33. The first kappa shape index (κ1) is 10.3. The van der Waals surface area contributed by atoms with E-state index in [0.717, 1.165) is 5.69 Å². The number of rotatable bonds is 0. The fourth-order valence-corrected chi connectivity index (χ4v) is 2.33. The maximum atomic E-state index is 4.56.